The van der Waals surface area contributed by atoms with Gasteiger partial charge in [0.05, 0.1) is 11.4 Å². The Balaban J connectivity index is 0.00000312. The highest BCUT2D eigenvalue weighted by molar-refractivity contribution is 5.99. The number of amides is 2. The summed E-state index contributed by atoms with van der Waals surface area (Å²) >= 11 is 0. The van der Waals surface area contributed by atoms with Gasteiger partial charge in [0.15, 0.2) is 11.6 Å². The number of hydrogen-bond acceptors (Lipinski definition) is 3. The van der Waals surface area contributed by atoms with Gasteiger partial charge in [-0.05, 0) is 24.8 Å². The van der Waals surface area contributed by atoms with Crippen molar-refractivity contribution >= 4 is 35.6 Å². The molecular weight excluding hydrogens is 352 g/mol. The van der Waals surface area contributed by atoms with Gasteiger partial charge in [0, 0.05) is 25.5 Å². The summed E-state index contributed by atoms with van der Waals surface area (Å²) < 4.78 is 26.9. The third-order valence-corrected chi connectivity index (χ3v) is 4.53. The quantitative estimate of drug-likeness (QED) is 0.735. The molecule has 0 atom stereocenters. The van der Waals surface area contributed by atoms with Gasteiger partial charge < -0.3 is 16.4 Å². The fourth-order valence-electron chi connectivity index (χ4n) is 3.23. The molecule has 1 aromatic rings. The summed E-state index contributed by atoms with van der Waals surface area (Å²) in [5.74, 6) is -2.95. The Morgan fingerprint density at radius 1 is 1.08 bits per heavy atom. The smallest absolute Gasteiger partial charge is 0.225 e. The number of nitrogens with two attached hydrogens (primary N) is 1. The van der Waals surface area contributed by atoms with Gasteiger partial charge in [-0.2, -0.15) is 0 Å². The van der Waals surface area contributed by atoms with E-state index in [1.807, 2.05) is 0 Å². The Labute approximate surface area is 152 Å². The Morgan fingerprint density at radius 2 is 1.60 bits per heavy atom. The summed E-state index contributed by atoms with van der Waals surface area (Å²) in [7, 11) is 0. The molecule has 1 aromatic carbocycles. The fourth-order valence-corrected chi connectivity index (χ4v) is 3.23. The van der Waals surface area contributed by atoms with Crippen molar-refractivity contribution in [2.75, 3.05) is 17.2 Å². The Hall–Kier alpha value is -1.73. The van der Waals surface area contributed by atoms with E-state index in [-0.39, 0.29) is 41.5 Å². The van der Waals surface area contributed by atoms with Crippen molar-refractivity contribution in [1.82, 2.24) is 0 Å². The number of carbonyl (C=O) groups excluding carboxylic acids is 2. The van der Waals surface area contributed by atoms with Crippen molar-refractivity contribution in [3.8, 4) is 0 Å². The zero-order chi connectivity index (χ0) is 17.7. The summed E-state index contributed by atoms with van der Waals surface area (Å²) in [5.41, 5.74) is 5.70. The van der Waals surface area contributed by atoms with Crippen LogP contribution in [0.5, 0.6) is 0 Å². The largest absolute Gasteiger partial charge is 0.330 e. The van der Waals surface area contributed by atoms with Gasteiger partial charge in [0.25, 0.3) is 0 Å². The van der Waals surface area contributed by atoms with Gasteiger partial charge >= 0.3 is 0 Å². The second kappa shape index (κ2) is 9.10. The molecule has 0 heterocycles. The molecule has 140 valence electrons. The first kappa shape index (κ1) is 21.3. The summed E-state index contributed by atoms with van der Waals surface area (Å²) in [6, 6.07) is 1.72. The number of rotatable bonds is 5. The molecule has 0 unspecified atom stereocenters. The van der Waals surface area contributed by atoms with E-state index in [1.165, 1.54) is 6.92 Å². The molecule has 0 radical (unpaired) electrons. The summed E-state index contributed by atoms with van der Waals surface area (Å²) in [5, 5.41) is 4.96. The lowest BCUT2D eigenvalue weighted by Gasteiger charge is -2.35. The topological polar surface area (TPSA) is 84.2 Å². The maximum Gasteiger partial charge on any atom is 0.225 e. The van der Waals surface area contributed by atoms with Gasteiger partial charge in [0.1, 0.15) is 0 Å². The van der Waals surface area contributed by atoms with E-state index in [2.05, 4.69) is 10.6 Å². The van der Waals surface area contributed by atoms with Crippen LogP contribution in [0.4, 0.5) is 20.2 Å². The predicted molar refractivity (Wildman–Crippen MR) is 95.7 cm³/mol. The minimum atomic E-state index is -1.09. The number of anilines is 2. The Bertz CT molecular complexity index is 635. The molecule has 0 spiro atoms. The SMILES string of the molecule is CC(=O)Nc1cc(F)c(F)cc1NC(=O)CC1(CN)CCCCC1.Cl. The maximum atomic E-state index is 13.5. The van der Waals surface area contributed by atoms with E-state index in [9.17, 15) is 18.4 Å². The molecule has 4 N–H and O–H groups in total. The highest BCUT2D eigenvalue weighted by atomic mass is 35.5. The van der Waals surface area contributed by atoms with E-state index in [0.717, 1.165) is 44.2 Å². The first-order valence-corrected chi connectivity index (χ1v) is 8.12. The van der Waals surface area contributed by atoms with E-state index in [0.29, 0.717) is 6.54 Å². The van der Waals surface area contributed by atoms with Crippen LogP contribution >= 0.6 is 12.4 Å². The first-order chi connectivity index (χ1) is 11.3. The molecule has 1 saturated carbocycles. The third-order valence-electron chi connectivity index (χ3n) is 4.53. The summed E-state index contributed by atoms with van der Waals surface area (Å²) in [4.78, 5) is 23.6. The van der Waals surface area contributed by atoms with Crippen LogP contribution in [0.15, 0.2) is 12.1 Å². The van der Waals surface area contributed by atoms with Crippen molar-refractivity contribution < 1.29 is 18.4 Å². The standard InChI is InChI=1S/C17H23F2N3O2.ClH/c1-11(23)21-14-7-12(18)13(19)8-15(14)22-16(24)9-17(10-20)5-3-2-4-6-17;/h7-8H,2-6,9-10,20H2,1H3,(H,21,23)(H,22,24);1H. The Morgan fingerprint density at radius 3 is 2.08 bits per heavy atom. The van der Waals surface area contributed by atoms with Crippen LogP contribution in [-0.2, 0) is 9.59 Å². The zero-order valence-electron chi connectivity index (χ0n) is 14.2. The molecule has 2 rings (SSSR count). The van der Waals surface area contributed by atoms with Gasteiger partial charge in [-0.25, -0.2) is 8.78 Å². The van der Waals surface area contributed by atoms with E-state index < -0.39 is 17.5 Å². The maximum absolute atomic E-state index is 13.5. The lowest BCUT2D eigenvalue weighted by Crippen LogP contribution is -2.36. The van der Waals surface area contributed by atoms with Crippen molar-refractivity contribution in [3.05, 3.63) is 23.8 Å². The Kier molecular flexibility index (Phi) is 7.76. The number of hydrogen-bond donors (Lipinski definition) is 3. The van der Waals surface area contributed by atoms with Crippen LogP contribution in [-0.4, -0.2) is 18.4 Å². The van der Waals surface area contributed by atoms with Crippen molar-refractivity contribution in [3.63, 3.8) is 0 Å². The molecule has 25 heavy (non-hydrogen) atoms. The molecule has 5 nitrogen and oxygen atoms in total. The minimum absolute atomic E-state index is 0. The van der Waals surface area contributed by atoms with Crippen molar-refractivity contribution in [1.29, 1.82) is 0 Å². The molecule has 1 aliphatic rings. The van der Waals surface area contributed by atoms with Crippen LogP contribution in [0.25, 0.3) is 0 Å². The van der Waals surface area contributed by atoms with Crippen LogP contribution in [0.3, 0.4) is 0 Å². The van der Waals surface area contributed by atoms with Gasteiger partial charge in [0.2, 0.25) is 11.8 Å². The molecule has 0 aliphatic heterocycles. The van der Waals surface area contributed by atoms with Gasteiger partial charge in [-0.1, -0.05) is 19.3 Å². The average Bonchev–Trinajstić information content (AvgIpc) is 2.52. The van der Waals surface area contributed by atoms with Crippen LogP contribution in [0.2, 0.25) is 0 Å². The molecule has 8 heteroatoms. The summed E-state index contributed by atoms with van der Waals surface area (Å²) in [6.45, 7) is 1.66. The monoisotopic (exact) mass is 375 g/mol. The molecular formula is C17H24ClF2N3O2. The van der Waals surface area contributed by atoms with Crippen LogP contribution in [0.1, 0.15) is 45.4 Å². The first-order valence-electron chi connectivity index (χ1n) is 8.12. The van der Waals surface area contributed by atoms with Crippen LogP contribution < -0.4 is 16.4 Å². The van der Waals surface area contributed by atoms with E-state index in [4.69, 9.17) is 5.73 Å². The van der Waals surface area contributed by atoms with E-state index in [1.54, 1.807) is 0 Å². The third kappa shape index (κ3) is 5.64. The fraction of sp³-hybridized carbons (Fsp3) is 0.529. The molecule has 0 saturated heterocycles. The zero-order valence-corrected chi connectivity index (χ0v) is 15.0. The second-order valence-electron chi connectivity index (χ2n) is 6.48. The van der Waals surface area contributed by atoms with Gasteiger partial charge in [-0.15, -0.1) is 12.4 Å². The number of benzene rings is 1. The number of halogens is 3. The normalized spacial score (nSPS) is 15.8. The van der Waals surface area contributed by atoms with Crippen LogP contribution in [0, 0.1) is 17.0 Å². The van der Waals surface area contributed by atoms with E-state index >= 15 is 0 Å². The molecule has 0 bridgehead atoms. The molecule has 0 aromatic heterocycles. The number of nitrogens with one attached hydrogen (secondary N) is 2. The molecule has 1 aliphatic carbocycles. The van der Waals surface area contributed by atoms with Gasteiger partial charge in [-0.3, -0.25) is 9.59 Å². The molecule has 1 fully saturated rings. The lowest BCUT2D eigenvalue weighted by molar-refractivity contribution is -0.119. The predicted octanol–water partition coefficient (Wildman–Crippen LogP) is 3.58. The van der Waals surface area contributed by atoms with Crippen molar-refractivity contribution in [2.45, 2.75) is 45.4 Å². The summed E-state index contributed by atoms with van der Waals surface area (Å²) in [6.07, 6.45) is 5.20. The number of carbonyl (C=O) groups is 2. The highest BCUT2D eigenvalue weighted by Gasteiger charge is 2.33. The molecule has 2 amide bonds. The minimum Gasteiger partial charge on any atom is -0.330 e. The lowest BCUT2D eigenvalue weighted by atomic mass is 9.71. The highest BCUT2D eigenvalue weighted by Crippen LogP contribution is 2.38. The second-order valence-corrected chi connectivity index (χ2v) is 6.48. The average molecular weight is 376 g/mol. The van der Waals surface area contributed by atoms with Crippen molar-refractivity contribution in [2.24, 2.45) is 11.1 Å².